The van der Waals surface area contributed by atoms with E-state index in [2.05, 4.69) is 15.3 Å². The molecule has 0 spiro atoms. The molecule has 78 valence electrons. The Morgan fingerprint density at radius 1 is 1.50 bits per heavy atom. The first-order chi connectivity index (χ1) is 6.79. The summed E-state index contributed by atoms with van der Waals surface area (Å²) in [6, 6.07) is 0. The van der Waals surface area contributed by atoms with Crippen LogP contribution in [0, 0.1) is 6.92 Å². The molecule has 0 atom stereocenters. The van der Waals surface area contributed by atoms with Gasteiger partial charge in [0.1, 0.15) is 12.1 Å². The van der Waals surface area contributed by atoms with Crippen LogP contribution >= 0.6 is 11.6 Å². The predicted molar refractivity (Wildman–Crippen MR) is 57.1 cm³/mol. The molecule has 4 nitrogen and oxygen atoms in total. The maximum Gasteiger partial charge on any atom is 0.221 e. The molecular weight excluding hydrogens is 202 g/mol. The number of methoxy groups -OCH3 is 1. The maximum atomic E-state index is 5.57. The molecule has 0 aliphatic rings. The van der Waals surface area contributed by atoms with E-state index in [1.165, 1.54) is 6.33 Å². The van der Waals surface area contributed by atoms with Crippen molar-refractivity contribution < 1.29 is 4.74 Å². The van der Waals surface area contributed by atoms with Crippen molar-refractivity contribution in [1.82, 2.24) is 9.97 Å². The Morgan fingerprint density at radius 3 is 2.93 bits per heavy atom. The summed E-state index contributed by atoms with van der Waals surface area (Å²) in [6.45, 7) is 2.73. The first-order valence-corrected chi connectivity index (χ1v) is 4.98. The third-order valence-corrected chi connectivity index (χ3v) is 2.10. The molecule has 1 aromatic heterocycles. The molecule has 0 radical (unpaired) electrons. The van der Waals surface area contributed by atoms with Crippen molar-refractivity contribution in [2.24, 2.45) is 0 Å². The highest BCUT2D eigenvalue weighted by Crippen LogP contribution is 2.19. The van der Waals surface area contributed by atoms with Crippen molar-refractivity contribution in [1.29, 1.82) is 0 Å². The zero-order valence-electron chi connectivity index (χ0n) is 8.38. The minimum atomic E-state index is 0.605. The lowest BCUT2D eigenvalue weighted by Gasteiger charge is -2.09. The maximum absolute atomic E-state index is 5.57. The van der Waals surface area contributed by atoms with Crippen LogP contribution in [0.15, 0.2) is 6.33 Å². The number of ether oxygens (including phenoxy) is 1. The predicted octanol–water partition coefficient (Wildman–Crippen LogP) is 1.83. The topological polar surface area (TPSA) is 47.0 Å². The summed E-state index contributed by atoms with van der Waals surface area (Å²) in [5.41, 5.74) is 0.921. The first kappa shape index (κ1) is 11.0. The van der Waals surface area contributed by atoms with Crippen LogP contribution in [-0.2, 0) is 0 Å². The van der Waals surface area contributed by atoms with Gasteiger partial charge in [-0.05, 0) is 13.3 Å². The van der Waals surface area contributed by atoms with Gasteiger partial charge in [-0.1, -0.05) is 0 Å². The summed E-state index contributed by atoms with van der Waals surface area (Å²) >= 11 is 5.57. The fraction of sp³-hybridized carbons (Fsp3) is 0.556. The molecule has 0 amide bonds. The van der Waals surface area contributed by atoms with E-state index in [4.69, 9.17) is 16.3 Å². The number of halogens is 1. The monoisotopic (exact) mass is 215 g/mol. The molecule has 0 saturated heterocycles. The smallest absolute Gasteiger partial charge is 0.221 e. The Balaban J connectivity index is 2.66. The average Bonchev–Trinajstić information content (AvgIpc) is 2.21. The van der Waals surface area contributed by atoms with E-state index < -0.39 is 0 Å². The molecule has 0 aliphatic heterocycles. The molecule has 0 saturated carbocycles. The van der Waals surface area contributed by atoms with E-state index in [9.17, 15) is 0 Å². The zero-order chi connectivity index (χ0) is 10.4. The second kappa shape index (κ2) is 5.65. The van der Waals surface area contributed by atoms with Gasteiger partial charge < -0.3 is 10.1 Å². The fourth-order valence-electron chi connectivity index (χ4n) is 1.09. The van der Waals surface area contributed by atoms with Crippen molar-refractivity contribution >= 4 is 17.4 Å². The van der Waals surface area contributed by atoms with Gasteiger partial charge in [0.2, 0.25) is 5.88 Å². The number of nitrogens with one attached hydrogen (secondary N) is 1. The molecule has 1 heterocycles. The van der Waals surface area contributed by atoms with Crippen LogP contribution in [0.3, 0.4) is 0 Å². The highest BCUT2D eigenvalue weighted by Gasteiger charge is 2.05. The van der Waals surface area contributed by atoms with E-state index in [-0.39, 0.29) is 0 Å². The zero-order valence-corrected chi connectivity index (χ0v) is 9.14. The van der Waals surface area contributed by atoms with Crippen LogP contribution in [0.5, 0.6) is 5.88 Å². The van der Waals surface area contributed by atoms with Gasteiger partial charge in [0.05, 0.1) is 12.7 Å². The average molecular weight is 216 g/mol. The number of alkyl halides is 1. The van der Waals surface area contributed by atoms with Gasteiger partial charge in [0, 0.05) is 12.4 Å². The Hall–Kier alpha value is -1.03. The third kappa shape index (κ3) is 2.73. The van der Waals surface area contributed by atoms with Crippen molar-refractivity contribution in [2.45, 2.75) is 13.3 Å². The molecule has 0 aromatic carbocycles. The number of rotatable bonds is 5. The number of nitrogens with zero attached hydrogens (tertiary/aromatic N) is 2. The normalized spacial score (nSPS) is 9.93. The molecule has 0 bridgehead atoms. The molecule has 0 aliphatic carbocycles. The van der Waals surface area contributed by atoms with Gasteiger partial charge >= 0.3 is 0 Å². The standard InChI is InChI=1S/C9H14ClN3O/c1-7-8(11-5-3-4-10)12-6-13-9(7)14-2/h6H,3-5H2,1-2H3,(H,11,12,13). The van der Waals surface area contributed by atoms with Crippen LogP contribution in [0.4, 0.5) is 5.82 Å². The molecule has 0 unspecified atom stereocenters. The van der Waals surface area contributed by atoms with Crippen LogP contribution in [0.2, 0.25) is 0 Å². The second-order valence-electron chi connectivity index (χ2n) is 2.83. The molecule has 1 N–H and O–H groups in total. The van der Waals surface area contributed by atoms with Crippen LogP contribution < -0.4 is 10.1 Å². The van der Waals surface area contributed by atoms with Gasteiger partial charge in [-0.25, -0.2) is 9.97 Å². The Bertz CT molecular complexity index is 293. The van der Waals surface area contributed by atoms with Crippen LogP contribution in [-0.4, -0.2) is 29.5 Å². The van der Waals surface area contributed by atoms with E-state index >= 15 is 0 Å². The summed E-state index contributed by atoms with van der Waals surface area (Å²) in [4.78, 5) is 8.10. The van der Waals surface area contributed by atoms with Crippen molar-refractivity contribution in [3.8, 4) is 5.88 Å². The van der Waals surface area contributed by atoms with Crippen molar-refractivity contribution in [3.05, 3.63) is 11.9 Å². The number of anilines is 1. The van der Waals surface area contributed by atoms with Crippen molar-refractivity contribution in [2.75, 3.05) is 24.9 Å². The quantitative estimate of drug-likeness (QED) is 0.602. The van der Waals surface area contributed by atoms with Crippen LogP contribution in [0.25, 0.3) is 0 Å². The van der Waals surface area contributed by atoms with E-state index in [1.807, 2.05) is 6.92 Å². The lowest BCUT2D eigenvalue weighted by molar-refractivity contribution is 0.393. The molecule has 1 rings (SSSR count). The van der Waals surface area contributed by atoms with Gasteiger partial charge in [-0.2, -0.15) is 0 Å². The van der Waals surface area contributed by atoms with Gasteiger partial charge in [0.25, 0.3) is 0 Å². The summed E-state index contributed by atoms with van der Waals surface area (Å²) in [5, 5.41) is 3.17. The number of hydrogen-bond donors (Lipinski definition) is 1. The SMILES string of the molecule is COc1ncnc(NCCCCl)c1C. The number of aromatic nitrogens is 2. The molecule has 0 fully saturated rings. The minimum absolute atomic E-state index is 0.605. The molecule has 5 heteroatoms. The van der Waals surface area contributed by atoms with Crippen LogP contribution in [0.1, 0.15) is 12.0 Å². The molecule has 1 aromatic rings. The highest BCUT2D eigenvalue weighted by molar-refractivity contribution is 6.17. The fourth-order valence-corrected chi connectivity index (χ4v) is 1.23. The largest absolute Gasteiger partial charge is 0.481 e. The number of hydrogen-bond acceptors (Lipinski definition) is 4. The summed E-state index contributed by atoms with van der Waals surface area (Å²) in [7, 11) is 1.60. The molecular formula is C9H14ClN3O. The lowest BCUT2D eigenvalue weighted by atomic mass is 10.3. The second-order valence-corrected chi connectivity index (χ2v) is 3.20. The Labute approximate surface area is 88.7 Å². The highest BCUT2D eigenvalue weighted by atomic mass is 35.5. The summed E-state index contributed by atoms with van der Waals surface area (Å²) in [6.07, 6.45) is 2.39. The van der Waals surface area contributed by atoms with Crippen molar-refractivity contribution in [3.63, 3.8) is 0 Å². The Morgan fingerprint density at radius 2 is 2.29 bits per heavy atom. The summed E-state index contributed by atoms with van der Waals surface area (Å²) < 4.78 is 5.07. The summed E-state index contributed by atoms with van der Waals surface area (Å²) in [5.74, 6) is 2.06. The first-order valence-electron chi connectivity index (χ1n) is 4.45. The van der Waals surface area contributed by atoms with Gasteiger partial charge in [-0.15, -0.1) is 11.6 Å². The van der Waals surface area contributed by atoms with E-state index in [0.717, 1.165) is 24.3 Å². The van der Waals surface area contributed by atoms with Gasteiger partial charge in [-0.3, -0.25) is 0 Å². The molecule has 14 heavy (non-hydrogen) atoms. The third-order valence-electron chi connectivity index (χ3n) is 1.83. The lowest BCUT2D eigenvalue weighted by Crippen LogP contribution is -2.06. The minimum Gasteiger partial charge on any atom is -0.481 e. The Kier molecular flexibility index (Phi) is 4.46. The van der Waals surface area contributed by atoms with E-state index in [1.54, 1.807) is 7.11 Å². The van der Waals surface area contributed by atoms with Gasteiger partial charge in [0.15, 0.2) is 0 Å². The van der Waals surface area contributed by atoms with E-state index in [0.29, 0.717) is 11.8 Å².